The van der Waals surface area contributed by atoms with Gasteiger partial charge >= 0.3 is 0 Å². The zero-order valence-corrected chi connectivity index (χ0v) is 25.7. The van der Waals surface area contributed by atoms with Crippen LogP contribution in [-0.2, 0) is 6.42 Å². The molecule has 0 aliphatic rings. The molecule has 0 spiro atoms. The second kappa shape index (κ2) is 10.6. The molecule has 2 nitrogen and oxygen atoms in total. The highest BCUT2D eigenvalue weighted by Gasteiger charge is 2.15. The van der Waals surface area contributed by atoms with Crippen molar-refractivity contribution >= 4 is 43.6 Å². The fourth-order valence-corrected chi connectivity index (χ4v) is 7.20. The fourth-order valence-electron chi connectivity index (χ4n) is 7.20. The quantitative estimate of drug-likeness (QED) is 0.189. The lowest BCUT2D eigenvalue weighted by Gasteiger charge is -2.11. The lowest BCUT2D eigenvalue weighted by molar-refractivity contribution is 1.15. The number of benzene rings is 7. The van der Waals surface area contributed by atoms with Crippen LogP contribution in [0.15, 0.2) is 164 Å². The average Bonchev–Trinajstić information content (AvgIpc) is 3.61. The molecule has 0 bridgehead atoms. The molecule has 0 radical (unpaired) electrons. The summed E-state index contributed by atoms with van der Waals surface area (Å²) < 4.78 is 4.79. The summed E-state index contributed by atoms with van der Waals surface area (Å²) in [6.45, 7) is 2.17. The Morgan fingerprint density at radius 1 is 0.370 bits per heavy atom. The average molecular weight is 589 g/mol. The van der Waals surface area contributed by atoms with Gasteiger partial charge in [-0.2, -0.15) is 0 Å². The number of aryl methyl sites for hydroxylation is 1. The van der Waals surface area contributed by atoms with Gasteiger partial charge in [0.2, 0.25) is 0 Å². The van der Waals surface area contributed by atoms with Crippen molar-refractivity contribution in [1.82, 2.24) is 9.13 Å². The van der Waals surface area contributed by atoms with Crippen molar-refractivity contribution in [3.8, 4) is 22.5 Å². The third-order valence-electron chi connectivity index (χ3n) is 9.40. The molecule has 9 aromatic rings. The minimum Gasteiger partial charge on any atom is -0.309 e. The predicted octanol–water partition coefficient (Wildman–Crippen LogP) is 11.4. The van der Waals surface area contributed by atoms with Gasteiger partial charge in [-0.15, -0.1) is 0 Å². The molecule has 2 aromatic heterocycles. The molecule has 0 saturated heterocycles. The van der Waals surface area contributed by atoms with E-state index < -0.39 is 0 Å². The first-order chi connectivity index (χ1) is 22.7. The number of nitrogens with zero attached hydrogens (tertiary/aromatic N) is 2. The normalized spacial score (nSPS) is 11.7. The van der Waals surface area contributed by atoms with Crippen molar-refractivity contribution in [3.05, 3.63) is 180 Å². The molecule has 0 atom stereocenters. The van der Waals surface area contributed by atoms with E-state index in [1.807, 2.05) is 0 Å². The van der Waals surface area contributed by atoms with Crippen LogP contribution in [0.25, 0.3) is 66.1 Å². The standard InChI is InChI=1S/C44H32N2/c1-30-15-25-39-40-29-32(18-26-43(40)46(44(39)27-30)36-23-19-34(20-24-36)33-9-3-2-4-10-33)28-31-16-21-35(22-17-31)45-41-13-7-5-11-37(41)38-12-6-8-14-42(38)45/h2-27,29H,28H2,1H3. The molecule has 7 aromatic carbocycles. The summed E-state index contributed by atoms with van der Waals surface area (Å²) in [5, 5.41) is 5.16. The van der Waals surface area contributed by atoms with E-state index in [2.05, 4.69) is 180 Å². The van der Waals surface area contributed by atoms with Crippen molar-refractivity contribution in [2.75, 3.05) is 0 Å². The molecule has 0 fully saturated rings. The van der Waals surface area contributed by atoms with Crippen LogP contribution in [0.1, 0.15) is 16.7 Å². The summed E-state index contributed by atoms with van der Waals surface area (Å²) in [5.41, 5.74) is 13.7. The van der Waals surface area contributed by atoms with E-state index >= 15 is 0 Å². The van der Waals surface area contributed by atoms with Crippen LogP contribution >= 0.6 is 0 Å². The maximum atomic E-state index is 2.41. The van der Waals surface area contributed by atoms with Gasteiger partial charge in [-0.1, -0.05) is 109 Å². The summed E-state index contributed by atoms with van der Waals surface area (Å²) in [4.78, 5) is 0. The highest BCUT2D eigenvalue weighted by Crippen LogP contribution is 2.35. The molecular formula is C44H32N2. The molecule has 0 aliphatic carbocycles. The largest absolute Gasteiger partial charge is 0.309 e. The van der Waals surface area contributed by atoms with Gasteiger partial charge in [-0.05, 0) is 95.8 Å². The predicted molar refractivity (Wildman–Crippen MR) is 195 cm³/mol. The molecule has 218 valence electrons. The van der Waals surface area contributed by atoms with Gasteiger partial charge in [-0.25, -0.2) is 0 Å². The highest BCUT2D eigenvalue weighted by molar-refractivity contribution is 6.10. The Labute approximate surface area is 268 Å². The summed E-state index contributed by atoms with van der Waals surface area (Å²) in [7, 11) is 0. The Balaban J connectivity index is 1.08. The van der Waals surface area contributed by atoms with Crippen LogP contribution in [0.3, 0.4) is 0 Å². The van der Waals surface area contributed by atoms with E-state index in [0.29, 0.717) is 0 Å². The minimum atomic E-state index is 0.883. The smallest absolute Gasteiger partial charge is 0.0543 e. The van der Waals surface area contributed by atoms with Gasteiger partial charge < -0.3 is 9.13 Å². The molecule has 9 rings (SSSR count). The molecule has 0 N–H and O–H groups in total. The molecule has 2 heterocycles. The molecule has 0 aliphatic heterocycles. The zero-order valence-electron chi connectivity index (χ0n) is 25.7. The summed E-state index contributed by atoms with van der Waals surface area (Å²) in [5.74, 6) is 0. The van der Waals surface area contributed by atoms with Crippen molar-refractivity contribution in [2.24, 2.45) is 0 Å². The van der Waals surface area contributed by atoms with Crippen LogP contribution in [0.4, 0.5) is 0 Å². The van der Waals surface area contributed by atoms with E-state index in [4.69, 9.17) is 0 Å². The second-order valence-corrected chi connectivity index (χ2v) is 12.3. The molecule has 0 unspecified atom stereocenters. The topological polar surface area (TPSA) is 9.86 Å². The Morgan fingerprint density at radius 2 is 0.891 bits per heavy atom. The van der Waals surface area contributed by atoms with Gasteiger partial charge in [0.15, 0.2) is 0 Å². The summed E-state index contributed by atoms with van der Waals surface area (Å²) >= 11 is 0. The number of fused-ring (bicyclic) bond motifs is 6. The van der Waals surface area contributed by atoms with Crippen LogP contribution < -0.4 is 0 Å². The van der Waals surface area contributed by atoms with Gasteiger partial charge in [0.05, 0.1) is 22.1 Å². The molecule has 46 heavy (non-hydrogen) atoms. The first-order valence-electron chi connectivity index (χ1n) is 16.0. The van der Waals surface area contributed by atoms with Crippen molar-refractivity contribution < 1.29 is 0 Å². The number of rotatable bonds is 5. The number of hydrogen-bond donors (Lipinski definition) is 0. The lowest BCUT2D eigenvalue weighted by atomic mass is 10.0. The zero-order chi connectivity index (χ0) is 30.6. The summed E-state index contributed by atoms with van der Waals surface area (Å²) in [6, 6.07) is 59.8. The van der Waals surface area contributed by atoms with Gasteiger partial charge in [-0.3, -0.25) is 0 Å². The second-order valence-electron chi connectivity index (χ2n) is 12.3. The van der Waals surface area contributed by atoms with E-state index in [9.17, 15) is 0 Å². The Kier molecular flexibility index (Phi) is 6.14. The number of hydrogen-bond acceptors (Lipinski definition) is 0. The van der Waals surface area contributed by atoms with E-state index in [1.54, 1.807) is 0 Å². The molecule has 0 saturated carbocycles. The molecule has 0 amide bonds. The van der Waals surface area contributed by atoms with Crippen LogP contribution in [0.2, 0.25) is 0 Å². The molecular weight excluding hydrogens is 556 g/mol. The number of para-hydroxylation sites is 2. The Morgan fingerprint density at radius 3 is 1.59 bits per heavy atom. The lowest BCUT2D eigenvalue weighted by Crippen LogP contribution is -1.96. The van der Waals surface area contributed by atoms with Crippen molar-refractivity contribution in [1.29, 1.82) is 0 Å². The van der Waals surface area contributed by atoms with E-state index in [0.717, 1.165) is 6.42 Å². The third kappa shape index (κ3) is 4.34. The van der Waals surface area contributed by atoms with Crippen molar-refractivity contribution in [3.63, 3.8) is 0 Å². The van der Waals surface area contributed by atoms with Gasteiger partial charge in [0.25, 0.3) is 0 Å². The van der Waals surface area contributed by atoms with E-state index in [-0.39, 0.29) is 0 Å². The van der Waals surface area contributed by atoms with Crippen LogP contribution in [-0.4, -0.2) is 9.13 Å². The number of aromatic nitrogens is 2. The maximum Gasteiger partial charge on any atom is 0.0543 e. The van der Waals surface area contributed by atoms with Crippen LogP contribution in [0, 0.1) is 6.92 Å². The Bertz CT molecular complexity index is 2480. The van der Waals surface area contributed by atoms with E-state index in [1.165, 1.54) is 82.8 Å². The molecule has 2 heteroatoms. The SMILES string of the molecule is Cc1ccc2c3cc(Cc4ccc(-n5c6ccccc6c6ccccc65)cc4)ccc3n(-c3ccc(-c4ccccc4)cc3)c2c1. The van der Waals surface area contributed by atoms with Crippen molar-refractivity contribution in [2.45, 2.75) is 13.3 Å². The summed E-state index contributed by atoms with van der Waals surface area (Å²) in [6.07, 6.45) is 0.883. The van der Waals surface area contributed by atoms with Crippen LogP contribution in [0.5, 0.6) is 0 Å². The minimum absolute atomic E-state index is 0.883. The third-order valence-corrected chi connectivity index (χ3v) is 9.40. The first kappa shape index (κ1) is 26.5. The monoisotopic (exact) mass is 588 g/mol. The van der Waals surface area contributed by atoms with Gasteiger partial charge in [0, 0.05) is 32.9 Å². The maximum absolute atomic E-state index is 2.41. The first-order valence-corrected chi connectivity index (χ1v) is 16.0. The van der Waals surface area contributed by atoms with Gasteiger partial charge in [0.1, 0.15) is 0 Å². The Hall–Kier alpha value is -5.86. The highest BCUT2D eigenvalue weighted by atomic mass is 15.0. The fraction of sp³-hybridized carbons (Fsp3) is 0.0455.